The van der Waals surface area contributed by atoms with Gasteiger partial charge in [-0.25, -0.2) is 4.98 Å². The third-order valence-electron chi connectivity index (χ3n) is 4.26. The van der Waals surface area contributed by atoms with Gasteiger partial charge in [-0.3, -0.25) is 0 Å². The predicted molar refractivity (Wildman–Crippen MR) is 72.3 cm³/mol. The molecule has 0 radical (unpaired) electrons. The van der Waals surface area contributed by atoms with Gasteiger partial charge in [0.05, 0.1) is 0 Å². The molecule has 1 saturated carbocycles. The van der Waals surface area contributed by atoms with Crippen LogP contribution in [-0.4, -0.2) is 15.6 Å². The molecule has 96 valence electrons. The molecule has 2 rings (SSSR count). The van der Waals surface area contributed by atoms with Gasteiger partial charge < -0.3 is 9.88 Å². The summed E-state index contributed by atoms with van der Waals surface area (Å²) in [5.74, 6) is 1.75. The fraction of sp³-hybridized carbons (Fsp3) is 0.786. The fourth-order valence-electron chi connectivity index (χ4n) is 2.62. The summed E-state index contributed by atoms with van der Waals surface area (Å²) in [6, 6.07) is 1.16. The summed E-state index contributed by atoms with van der Waals surface area (Å²) in [5, 5.41) is 3.60. The Labute approximate surface area is 105 Å². The van der Waals surface area contributed by atoms with Crippen LogP contribution >= 0.6 is 0 Å². The molecule has 2 atom stereocenters. The van der Waals surface area contributed by atoms with E-state index in [0.717, 1.165) is 5.95 Å². The van der Waals surface area contributed by atoms with Crippen molar-refractivity contribution in [1.82, 2.24) is 9.55 Å². The molecule has 3 heteroatoms. The van der Waals surface area contributed by atoms with E-state index in [4.69, 9.17) is 0 Å². The van der Waals surface area contributed by atoms with E-state index in [-0.39, 0.29) is 0 Å². The van der Waals surface area contributed by atoms with Crippen LogP contribution in [0.15, 0.2) is 12.4 Å². The topological polar surface area (TPSA) is 29.9 Å². The van der Waals surface area contributed by atoms with Crippen molar-refractivity contribution in [3.8, 4) is 0 Å². The summed E-state index contributed by atoms with van der Waals surface area (Å²) >= 11 is 0. The van der Waals surface area contributed by atoms with Gasteiger partial charge in [-0.15, -0.1) is 0 Å². The van der Waals surface area contributed by atoms with E-state index >= 15 is 0 Å². The SMILES string of the molecule is CCC(C)C(C)n1ccnc1NC1CCCC1. The van der Waals surface area contributed by atoms with Crippen LogP contribution in [0.25, 0.3) is 0 Å². The van der Waals surface area contributed by atoms with Crippen molar-refractivity contribution in [1.29, 1.82) is 0 Å². The molecule has 0 aliphatic heterocycles. The summed E-state index contributed by atoms with van der Waals surface area (Å²) < 4.78 is 2.30. The highest BCUT2D eigenvalue weighted by Gasteiger charge is 2.19. The third-order valence-corrected chi connectivity index (χ3v) is 4.26. The second-order valence-electron chi connectivity index (χ2n) is 5.41. The molecule has 0 amide bonds. The van der Waals surface area contributed by atoms with Gasteiger partial charge in [-0.1, -0.05) is 33.1 Å². The van der Waals surface area contributed by atoms with Gasteiger partial charge in [0.2, 0.25) is 5.95 Å². The highest BCUT2D eigenvalue weighted by atomic mass is 15.2. The number of hydrogen-bond acceptors (Lipinski definition) is 2. The van der Waals surface area contributed by atoms with Crippen LogP contribution in [0, 0.1) is 5.92 Å². The lowest BCUT2D eigenvalue weighted by Crippen LogP contribution is -2.21. The second-order valence-corrected chi connectivity index (χ2v) is 5.41. The standard InChI is InChI=1S/C14H25N3/c1-4-11(2)12(3)17-10-9-15-14(17)16-13-7-5-6-8-13/h9-13H,4-8H2,1-3H3,(H,15,16). The fourth-order valence-corrected chi connectivity index (χ4v) is 2.62. The first-order valence-electron chi connectivity index (χ1n) is 7.01. The minimum atomic E-state index is 0.520. The lowest BCUT2D eigenvalue weighted by Gasteiger charge is -2.23. The number of imidazole rings is 1. The lowest BCUT2D eigenvalue weighted by atomic mass is 10.0. The molecule has 1 aromatic heterocycles. The van der Waals surface area contributed by atoms with Crippen LogP contribution in [0.5, 0.6) is 0 Å². The first-order valence-corrected chi connectivity index (χ1v) is 7.01. The number of rotatable bonds is 5. The van der Waals surface area contributed by atoms with Gasteiger partial charge in [0.25, 0.3) is 0 Å². The van der Waals surface area contributed by atoms with Gasteiger partial charge in [-0.05, 0) is 25.7 Å². The normalized spacial score (nSPS) is 20.4. The van der Waals surface area contributed by atoms with Crippen molar-refractivity contribution in [2.24, 2.45) is 5.92 Å². The first-order chi connectivity index (χ1) is 8.22. The Hall–Kier alpha value is -0.990. The molecule has 1 heterocycles. The molecule has 3 nitrogen and oxygen atoms in total. The van der Waals surface area contributed by atoms with E-state index in [0.29, 0.717) is 18.0 Å². The molecule has 1 aliphatic rings. The molecular weight excluding hydrogens is 210 g/mol. The zero-order chi connectivity index (χ0) is 12.3. The van der Waals surface area contributed by atoms with Crippen LogP contribution in [0.4, 0.5) is 5.95 Å². The minimum Gasteiger partial charge on any atom is -0.353 e. The monoisotopic (exact) mass is 235 g/mol. The number of anilines is 1. The number of nitrogens with zero attached hydrogens (tertiary/aromatic N) is 2. The third kappa shape index (κ3) is 2.82. The van der Waals surface area contributed by atoms with Gasteiger partial charge in [0, 0.05) is 24.5 Å². The second kappa shape index (κ2) is 5.56. The summed E-state index contributed by atoms with van der Waals surface area (Å²) in [4.78, 5) is 4.47. The van der Waals surface area contributed by atoms with Gasteiger partial charge >= 0.3 is 0 Å². The summed E-state index contributed by atoms with van der Waals surface area (Å²) in [6.45, 7) is 6.85. The molecular formula is C14H25N3. The van der Waals surface area contributed by atoms with E-state index in [9.17, 15) is 0 Å². The summed E-state index contributed by atoms with van der Waals surface area (Å²) in [6.07, 6.45) is 10.5. The molecule has 1 aromatic rings. The molecule has 0 saturated heterocycles. The van der Waals surface area contributed by atoms with Crippen LogP contribution in [0.1, 0.15) is 58.9 Å². The predicted octanol–water partition coefficient (Wildman–Crippen LogP) is 3.84. The van der Waals surface area contributed by atoms with Crippen LogP contribution in [-0.2, 0) is 0 Å². The molecule has 0 spiro atoms. The summed E-state index contributed by atoms with van der Waals surface area (Å²) in [7, 11) is 0. The van der Waals surface area contributed by atoms with Crippen molar-refractivity contribution in [3.63, 3.8) is 0 Å². The number of aromatic nitrogens is 2. The van der Waals surface area contributed by atoms with E-state index in [1.807, 2.05) is 6.20 Å². The molecule has 0 aromatic carbocycles. The highest BCUT2D eigenvalue weighted by molar-refractivity contribution is 5.28. The van der Waals surface area contributed by atoms with Crippen molar-refractivity contribution < 1.29 is 0 Å². The zero-order valence-electron chi connectivity index (χ0n) is 11.3. The van der Waals surface area contributed by atoms with Crippen molar-refractivity contribution in [3.05, 3.63) is 12.4 Å². The Bertz CT molecular complexity index is 339. The zero-order valence-corrected chi connectivity index (χ0v) is 11.3. The Morgan fingerprint density at radius 3 is 2.76 bits per heavy atom. The molecule has 2 unspecified atom stereocenters. The van der Waals surface area contributed by atoms with E-state index in [1.165, 1.54) is 32.1 Å². The van der Waals surface area contributed by atoms with Crippen molar-refractivity contribution in [2.75, 3.05) is 5.32 Å². The van der Waals surface area contributed by atoms with Crippen LogP contribution in [0.3, 0.4) is 0 Å². The maximum atomic E-state index is 4.47. The van der Waals surface area contributed by atoms with Gasteiger partial charge in [-0.2, -0.15) is 0 Å². The average molecular weight is 235 g/mol. The molecule has 0 bridgehead atoms. The highest BCUT2D eigenvalue weighted by Crippen LogP contribution is 2.26. The lowest BCUT2D eigenvalue weighted by molar-refractivity contribution is 0.372. The number of nitrogens with one attached hydrogen (secondary N) is 1. The average Bonchev–Trinajstić information content (AvgIpc) is 2.99. The van der Waals surface area contributed by atoms with E-state index in [1.54, 1.807) is 0 Å². The molecule has 1 fully saturated rings. The molecule has 1 aliphatic carbocycles. The maximum absolute atomic E-state index is 4.47. The largest absolute Gasteiger partial charge is 0.353 e. The quantitative estimate of drug-likeness (QED) is 0.840. The Morgan fingerprint density at radius 2 is 2.12 bits per heavy atom. The smallest absolute Gasteiger partial charge is 0.203 e. The van der Waals surface area contributed by atoms with Crippen molar-refractivity contribution in [2.45, 2.75) is 65.0 Å². The Balaban J connectivity index is 2.05. The molecule has 17 heavy (non-hydrogen) atoms. The van der Waals surface area contributed by atoms with Gasteiger partial charge in [0.1, 0.15) is 0 Å². The van der Waals surface area contributed by atoms with Crippen molar-refractivity contribution >= 4 is 5.95 Å². The Morgan fingerprint density at radius 1 is 1.41 bits per heavy atom. The first kappa shape index (κ1) is 12.5. The van der Waals surface area contributed by atoms with E-state index in [2.05, 4.69) is 41.8 Å². The number of hydrogen-bond donors (Lipinski definition) is 1. The summed E-state index contributed by atoms with van der Waals surface area (Å²) in [5.41, 5.74) is 0. The van der Waals surface area contributed by atoms with Gasteiger partial charge in [0.15, 0.2) is 0 Å². The maximum Gasteiger partial charge on any atom is 0.203 e. The van der Waals surface area contributed by atoms with E-state index < -0.39 is 0 Å². The van der Waals surface area contributed by atoms with Crippen LogP contribution in [0.2, 0.25) is 0 Å². The Kier molecular flexibility index (Phi) is 4.08. The minimum absolute atomic E-state index is 0.520. The van der Waals surface area contributed by atoms with Crippen LogP contribution < -0.4 is 5.32 Å². The molecule has 1 N–H and O–H groups in total.